The zero-order valence-electron chi connectivity index (χ0n) is 15.1. The van der Waals surface area contributed by atoms with Gasteiger partial charge in [-0.1, -0.05) is 0 Å². The average Bonchev–Trinajstić information content (AvgIpc) is 3.45. The summed E-state index contributed by atoms with van der Waals surface area (Å²) in [5.41, 5.74) is 0.622. The summed E-state index contributed by atoms with van der Waals surface area (Å²) in [5, 5.41) is 12.2. The van der Waals surface area contributed by atoms with E-state index in [2.05, 4.69) is 16.3 Å². The molecule has 0 bridgehead atoms. The van der Waals surface area contributed by atoms with Gasteiger partial charge in [-0.05, 0) is 43.5 Å². The molecular formula is C20H26N4O2. The molecule has 1 amide bonds. The van der Waals surface area contributed by atoms with Crippen molar-refractivity contribution in [3.63, 3.8) is 0 Å². The predicted molar refractivity (Wildman–Crippen MR) is 97.8 cm³/mol. The highest BCUT2D eigenvalue weighted by molar-refractivity contribution is 5.82. The Morgan fingerprint density at radius 3 is 2.69 bits per heavy atom. The van der Waals surface area contributed by atoms with Crippen molar-refractivity contribution in [3.8, 4) is 11.8 Å². The molecular weight excluding hydrogens is 328 g/mol. The van der Waals surface area contributed by atoms with E-state index in [0.29, 0.717) is 18.5 Å². The molecule has 2 heterocycles. The van der Waals surface area contributed by atoms with E-state index in [0.717, 1.165) is 44.4 Å². The second-order valence-electron chi connectivity index (χ2n) is 7.52. The predicted octanol–water partition coefficient (Wildman–Crippen LogP) is 1.36. The third-order valence-corrected chi connectivity index (χ3v) is 5.58. The van der Waals surface area contributed by atoms with E-state index in [1.165, 1.54) is 12.8 Å². The Morgan fingerprint density at radius 2 is 1.96 bits per heavy atom. The molecule has 2 saturated heterocycles. The number of carbonyl (C=O) groups excluding carboxylic acids is 1. The van der Waals surface area contributed by atoms with Crippen LogP contribution in [0.15, 0.2) is 24.3 Å². The fourth-order valence-corrected chi connectivity index (χ4v) is 3.96. The lowest BCUT2D eigenvalue weighted by molar-refractivity contribution is -0.133. The number of amides is 1. The molecule has 2 aliphatic heterocycles. The summed E-state index contributed by atoms with van der Waals surface area (Å²) in [6.45, 7) is 4.51. The molecule has 138 valence electrons. The summed E-state index contributed by atoms with van der Waals surface area (Å²) in [6, 6.07) is 9.87. The van der Waals surface area contributed by atoms with Gasteiger partial charge in [0.25, 0.3) is 0 Å². The molecule has 3 aliphatic rings. The lowest BCUT2D eigenvalue weighted by Gasteiger charge is -2.24. The van der Waals surface area contributed by atoms with Gasteiger partial charge in [0.15, 0.2) is 0 Å². The van der Waals surface area contributed by atoms with Gasteiger partial charge >= 0.3 is 0 Å². The van der Waals surface area contributed by atoms with Crippen LogP contribution in [-0.4, -0.2) is 66.6 Å². The number of hydrogen-bond acceptors (Lipinski definition) is 5. The van der Waals surface area contributed by atoms with Gasteiger partial charge in [0.05, 0.1) is 17.7 Å². The third kappa shape index (κ3) is 4.00. The van der Waals surface area contributed by atoms with Crippen LogP contribution in [0.5, 0.6) is 5.75 Å². The lowest BCUT2D eigenvalue weighted by Crippen LogP contribution is -2.45. The Kier molecular flexibility index (Phi) is 5.09. The smallest absolute Gasteiger partial charge is 0.239 e. The van der Waals surface area contributed by atoms with Gasteiger partial charge in [-0.2, -0.15) is 5.26 Å². The van der Waals surface area contributed by atoms with E-state index in [9.17, 15) is 4.79 Å². The number of carbonyl (C=O) groups is 1. The van der Waals surface area contributed by atoms with Gasteiger partial charge in [-0.25, -0.2) is 0 Å². The fraction of sp³-hybridized carbons (Fsp3) is 0.600. The third-order valence-electron chi connectivity index (χ3n) is 5.58. The van der Waals surface area contributed by atoms with Gasteiger partial charge in [-0.15, -0.1) is 0 Å². The zero-order chi connectivity index (χ0) is 17.9. The number of hydrogen-bond donors (Lipinski definition) is 1. The van der Waals surface area contributed by atoms with Crippen molar-refractivity contribution in [2.24, 2.45) is 0 Å². The van der Waals surface area contributed by atoms with Crippen molar-refractivity contribution in [1.82, 2.24) is 15.1 Å². The summed E-state index contributed by atoms with van der Waals surface area (Å²) in [4.78, 5) is 17.5. The lowest BCUT2D eigenvalue weighted by atomic mass is 10.1. The quantitative estimate of drug-likeness (QED) is 0.884. The Hall–Kier alpha value is -2.10. The molecule has 6 heteroatoms. The van der Waals surface area contributed by atoms with Crippen LogP contribution in [0.25, 0.3) is 0 Å². The molecule has 1 aromatic rings. The van der Waals surface area contributed by atoms with Crippen molar-refractivity contribution in [2.45, 2.75) is 43.9 Å². The standard InChI is InChI=1S/C20H26N4O2/c21-13-15-2-6-17(7-3-15)26-18-12-19(22-14-18)20(25)24-9-1-8-23(10-11-24)16-4-5-16/h2-3,6-7,16,18-19,22H,1,4-5,8-12,14H2/t18-,19+/m0/s1. The first kappa shape index (κ1) is 17.3. The maximum absolute atomic E-state index is 12.9. The van der Waals surface area contributed by atoms with Gasteiger partial charge in [0.1, 0.15) is 11.9 Å². The van der Waals surface area contributed by atoms with Crippen LogP contribution in [0.2, 0.25) is 0 Å². The fourth-order valence-electron chi connectivity index (χ4n) is 3.96. The summed E-state index contributed by atoms with van der Waals surface area (Å²) in [5.74, 6) is 0.965. The van der Waals surface area contributed by atoms with E-state index in [1.807, 2.05) is 17.0 Å². The number of benzene rings is 1. The second-order valence-corrected chi connectivity index (χ2v) is 7.52. The first-order chi connectivity index (χ1) is 12.7. The first-order valence-corrected chi connectivity index (χ1v) is 9.66. The number of nitrogens with zero attached hydrogens (tertiary/aromatic N) is 3. The molecule has 0 spiro atoms. The van der Waals surface area contributed by atoms with E-state index < -0.39 is 0 Å². The van der Waals surface area contributed by atoms with Gasteiger partial charge in [-0.3, -0.25) is 9.69 Å². The molecule has 3 fully saturated rings. The molecule has 2 atom stereocenters. The van der Waals surface area contributed by atoms with Crippen molar-refractivity contribution in [2.75, 3.05) is 32.7 Å². The zero-order valence-corrected chi connectivity index (χ0v) is 15.1. The molecule has 0 aromatic heterocycles. The topological polar surface area (TPSA) is 68.6 Å². The molecule has 6 nitrogen and oxygen atoms in total. The number of rotatable bonds is 4. The van der Waals surface area contributed by atoms with Crippen molar-refractivity contribution in [3.05, 3.63) is 29.8 Å². The van der Waals surface area contributed by atoms with Crippen molar-refractivity contribution >= 4 is 5.91 Å². The molecule has 0 radical (unpaired) electrons. The van der Waals surface area contributed by atoms with Crippen molar-refractivity contribution in [1.29, 1.82) is 5.26 Å². The molecule has 4 rings (SSSR count). The highest BCUT2D eigenvalue weighted by atomic mass is 16.5. The van der Waals surface area contributed by atoms with Crippen molar-refractivity contribution < 1.29 is 9.53 Å². The van der Waals surface area contributed by atoms with E-state index in [1.54, 1.807) is 12.1 Å². The van der Waals surface area contributed by atoms with E-state index in [4.69, 9.17) is 10.00 Å². The second kappa shape index (κ2) is 7.65. The number of ether oxygens (including phenoxy) is 1. The Morgan fingerprint density at radius 1 is 1.15 bits per heavy atom. The summed E-state index contributed by atoms with van der Waals surface area (Å²) in [6.07, 6.45) is 4.41. The van der Waals surface area contributed by atoms with Gasteiger partial charge < -0.3 is 15.0 Å². The maximum Gasteiger partial charge on any atom is 0.239 e. The summed E-state index contributed by atoms with van der Waals surface area (Å²) >= 11 is 0. The molecule has 1 N–H and O–H groups in total. The first-order valence-electron chi connectivity index (χ1n) is 9.66. The maximum atomic E-state index is 12.9. The minimum atomic E-state index is -0.147. The Balaban J connectivity index is 1.28. The van der Waals surface area contributed by atoms with Crippen LogP contribution >= 0.6 is 0 Å². The van der Waals surface area contributed by atoms with Crippen LogP contribution in [-0.2, 0) is 4.79 Å². The monoisotopic (exact) mass is 354 g/mol. The summed E-state index contributed by atoms with van der Waals surface area (Å²) in [7, 11) is 0. The minimum Gasteiger partial charge on any atom is -0.489 e. The van der Waals surface area contributed by atoms with E-state index in [-0.39, 0.29) is 18.1 Å². The SMILES string of the molecule is N#Cc1ccc(O[C@@H]2CN[C@@H](C(=O)N3CCCN(C4CC4)CC3)C2)cc1. The highest BCUT2D eigenvalue weighted by Crippen LogP contribution is 2.27. The van der Waals surface area contributed by atoms with Crippen LogP contribution in [0.1, 0.15) is 31.2 Å². The van der Waals surface area contributed by atoms with Crippen LogP contribution in [0.4, 0.5) is 0 Å². The molecule has 1 aliphatic carbocycles. The van der Waals surface area contributed by atoms with E-state index >= 15 is 0 Å². The highest BCUT2D eigenvalue weighted by Gasteiger charge is 2.35. The largest absolute Gasteiger partial charge is 0.489 e. The normalized spacial score (nSPS) is 27.0. The number of nitriles is 1. The van der Waals surface area contributed by atoms with Gasteiger partial charge in [0.2, 0.25) is 5.91 Å². The van der Waals surface area contributed by atoms with Crippen LogP contribution in [0, 0.1) is 11.3 Å². The number of nitrogens with one attached hydrogen (secondary N) is 1. The van der Waals surface area contributed by atoms with Crippen LogP contribution in [0.3, 0.4) is 0 Å². The molecule has 1 saturated carbocycles. The molecule has 26 heavy (non-hydrogen) atoms. The van der Waals surface area contributed by atoms with Crippen LogP contribution < -0.4 is 10.1 Å². The molecule has 1 aromatic carbocycles. The molecule has 0 unspecified atom stereocenters. The van der Waals surface area contributed by atoms with Gasteiger partial charge in [0, 0.05) is 45.2 Å². The summed E-state index contributed by atoms with van der Waals surface area (Å²) < 4.78 is 5.97. The minimum absolute atomic E-state index is 0.00757. The Labute approximate surface area is 154 Å². The Bertz CT molecular complexity index is 680. The average molecular weight is 354 g/mol.